The first-order valence-electron chi connectivity index (χ1n) is 9.54. The van der Waals surface area contributed by atoms with Crippen molar-refractivity contribution in [3.63, 3.8) is 0 Å². The molecule has 1 heterocycles. The smallest absolute Gasteiger partial charge is 0.229 e. The zero-order chi connectivity index (χ0) is 20.1. The number of hydrogen-bond acceptors (Lipinski definition) is 3. The van der Waals surface area contributed by atoms with Gasteiger partial charge in [0.15, 0.2) is 0 Å². The topological polar surface area (TPSA) is 52.7 Å². The van der Waals surface area contributed by atoms with Crippen molar-refractivity contribution < 1.29 is 9.59 Å². The molecule has 1 saturated heterocycles. The van der Waals surface area contributed by atoms with Crippen molar-refractivity contribution in [1.29, 1.82) is 0 Å². The van der Waals surface area contributed by atoms with Crippen LogP contribution in [0.2, 0.25) is 5.02 Å². The molecule has 28 heavy (non-hydrogen) atoms. The van der Waals surface area contributed by atoms with E-state index in [9.17, 15) is 9.59 Å². The molecule has 2 amide bonds. The Hall–Kier alpha value is -2.53. The average Bonchev–Trinajstić information content (AvgIpc) is 2.68. The van der Waals surface area contributed by atoms with Crippen LogP contribution in [0.15, 0.2) is 48.5 Å². The van der Waals surface area contributed by atoms with Crippen LogP contribution in [0, 0.1) is 5.92 Å². The van der Waals surface area contributed by atoms with E-state index in [1.54, 1.807) is 6.07 Å². The van der Waals surface area contributed by atoms with Crippen LogP contribution in [0.4, 0.5) is 11.4 Å². The molecule has 148 valence electrons. The summed E-state index contributed by atoms with van der Waals surface area (Å²) < 4.78 is 0. The number of nitrogens with zero attached hydrogens (tertiary/aromatic N) is 2. The van der Waals surface area contributed by atoms with Crippen molar-refractivity contribution in [2.75, 3.05) is 37.4 Å². The van der Waals surface area contributed by atoms with Crippen LogP contribution in [0.5, 0.6) is 0 Å². The number of hydrogen-bond donors (Lipinski definition) is 1. The van der Waals surface area contributed by atoms with Gasteiger partial charge in [-0.2, -0.15) is 0 Å². The van der Waals surface area contributed by atoms with E-state index >= 15 is 0 Å². The Morgan fingerprint density at radius 3 is 2.61 bits per heavy atom. The minimum absolute atomic E-state index is 0.0671. The van der Waals surface area contributed by atoms with E-state index in [0.29, 0.717) is 30.2 Å². The average molecular weight is 400 g/mol. The predicted molar refractivity (Wildman–Crippen MR) is 114 cm³/mol. The second kappa shape index (κ2) is 9.11. The predicted octanol–water partition coefficient (Wildman–Crippen LogP) is 3.83. The second-order valence-electron chi connectivity index (χ2n) is 7.36. The molecule has 0 aliphatic carbocycles. The Bertz CT molecular complexity index is 839. The summed E-state index contributed by atoms with van der Waals surface area (Å²) in [5, 5.41) is 3.60. The fourth-order valence-electron chi connectivity index (χ4n) is 3.61. The number of rotatable bonds is 5. The van der Waals surface area contributed by atoms with E-state index in [-0.39, 0.29) is 17.7 Å². The van der Waals surface area contributed by atoms with Crippen molar-refractivity contribution in [2.45, 2.75) is 19.3 Å². The van der Waals surface area contributed by atoms with Crippen LogP contribution in [0.3, 0.4) is 0 Å². The monoisotopic (exact) mass is 399 g/mol. The number of halogens is 1. The first-order valence-corrected chi connectivity index (χ1v) is 9.92. The van der Waals surface area contributed by atoms with E-state index in [4.69, 9.17) is 11.6 Å². The lowest BCUT2D eigenvalue weighted by molar-refractivity contribution is -0.133. The molecule has 1 N–H and O–H groups in total. The van der Waals surface area contributed by atoms with Crippen LogP contribution < -0.4 is 10.2 Å². The molecule has 1 fully saturated rings. The zero-order valence-corrected chi connectivity index (χ0v) is 17.1. The van der Waals surface area contributed by atoms with Crippen molar-refractivity contribution >= 4 is 34.8 Å². The molecule has 1 aliphatic rings. The molecule has 2 aromatic carbocycles. The van der Waals surface area contributed by atoms with Gasteiger partial charge in [0, 0.05) is 27.2 Å². The molecule has 6 heteroatoms. The highest BCUT2D eigenvalue weighted by Crippen LogP contribution is 2.33. The van der Waals surface area contributed by atoms with Crippen LogP contribution in [0.1, 0.15) is 18.4 Å². The molecule has 3 rings (SSSR count). The molecular weight excluding hydrogens is 374 g/mol. The zero-order valence-electron chi connectivity index (χ0n) is 16.3. The van der Waals surface area contributed by atoms with E-state index < -0.39 is 0 Å². The Balaban J connectivity index is 1.65. The molecule has 2 aromatic rings. The lowest BCUT2D eigenvalue weighted by Crippen LogP contribution is -2.44. The van der Waals surface area contributed by atoms with Gasteiger partial charge < -0.3 is 15.1 Å². The number of amides is 2. The summed E-state index contributed by atoms with van der Waals surface area (Å²) in [6, 6.07) is 15.2. The van der Waals surface area contributed by atoms with Crippen LogP contribution >= 0.6 is 11.6 Å². The molecule has 1 aliphatic heterocycles. The van der Waals surface area contributed by atoms with Crippen molar-refractivity contribution in [3.8, 4) is 0 Å². The van der Waals surface area contributed by atoms with Gasteiger partial charge in [0.05, 0.1) is 28.7 Å². The molecule has 0 radical (unpaired) electrons. The van der Waals surface area contributed by atoms with E-state index in [1.165, 1.54) is 0 Å². The second-order valence-corrected chi connectivity index (χ2v) is 7.77. The number of benzene rings is 2. The molecule has 0 saturated carbocycles. The van der Waals surface area contributed by atoms with Crippen molar-refractivity contribution in [3.05, 3.63) is 59.1 Å². The normalized spacial score (nSPS) is 16.5. The Morgan fingerprint density at radius 2 is 1.89 bits per heavy atom. The lowest BCUT2D eigenvalue weighted by atomic mass is 9.96. The largest absolute Gasteiger partial charge is 0.375 e. The third-order valence-corrected chi connectivity index (χ3v) is 5.34. The maximum Gasteiger partial charge on any atom is 0.229 e. The number of piperidine rings is 1. The van der Waals surface area contributed by atoms with Gasteiger partial charge in [-0.05, 0) is 30.5 Å². The Kier molecular flexibility index (Phi) is 6.57. The molecule has 1 atom stereocenters. The standard InChI is InChI=1S/C22H26ClN3O2/c1-25(2)21-18(23)11-6-12-19(21)24-22(28)17-10-7-13-26(15-17)20(27)14-16-8-4-3-5-9-16/h3-6,8-9,11-12,17H,7,10,13-15H2,1-2H3,(H,24,28). The summed E-state index contributed by atoms with van der Waals surface area (Å²) in [5.74, 6) is -0.217. The SMILES string of the molecule is CN(C)c1c(Cl)cccc1NC(=O)C1CCCN(C(=O)Cc2ccccc2)C1. The van der Waals surface area contributed by atoms with Gasteiger partial charge >= 0.3 is 0 Å². The minimum Gasteiger partial charge on any atom is -0.375 e. The van der Waals surface area contributed by atoms with E-state index in [2.05, 4.69) is 5.32 Å². The fraction of sp³-hybridized carbons (Fsp3) is 0.364. The number of nitrogens with one attached hydrogen (secondary N) is 1. The highest BCUT2D eigenvalue weighted by atomic mass is 35.5. The lowest BCUT2D eigenvalue weighted by Gasteiger charge is -2.32. The van der Waals surface area contributed by atoms with Gasteiger partial charge in [-0.3, -0.25) is 9.59 Å². The Labute approximate surface area is 171 Å². The molecule has 0 bridgehead atoms. The highest BCUT2D eigenvalue weighted by molar-refractivity contribution is 6.34. The summed E-state index contributed by atoms with van der Waals surface area (Å²) in [6.07, 6.45) is 1.97. The third-order valence-electron chi connectivity index (χ3n) is 5.03. The quantitative estimate of drug-likeness (QED) is 0.831. The van der Waals surface area contributed by atoms with Crippen LogP contribution in [-0.2, 0) is 16.0 Å². The first kappa shape index (κ1) is 20.2. The number of para-hydroxylation sites is 1. The number of carbonyl (C=O) groups is 2. The van der Waals surface area contributed by atoms with Crippen LogP contribution in [0.25, 0.3) is 0 Å². The molecule has 1 unspecified atom stereocenters. The highest BCUT2D eigenvalue weighted by Gasteiger charge is 2.29. The summed E-state index contributed by atoms with van der Waals surface area (Å²) >= 11 is 6.29. The van der Waals surface area contributed by atoms with Gasteiger partial charge in [0.2, 0.25) is 11.8 Å². The molecular formula is C22H26ClN3O2. The molecule has 5 nitrogen and oxygen atoms in total. The van der Waals surface area contributed by atoms with Crippen molar-refractivity contribution in [1.82, 2.24) is 4.90 Å². The van der Waals surface area contributed by atoms with Crippen molar-refractivity contribution in [2.24, 2.45) is 5.92 Å². The van der Waals surface area contributed by atoms with Gasteiger partial charge in [0.25, 0.3) is 0 Å². The summed E-state index contributed by atoms with van der Waals surface area (Å²) in [4.78, 5) is 29.2. The van der Waals surface area contributed by atoms with Gasteiger partial charge in [-0.15, -0.1) is 0 Å². The molecule has 0 aromatic heterocycles. The van der Waals surface area contributed by atoms with Crippen LogP contribution in [-0.4, -0.2) is 43.9 Å². The number of likely N-dealkylation sites (tertiary alicyclic amines) is 1. The number of carbonyl (C=O) groups excluding carboxylic acids is 2. The first-order chi connectivity index (χ1) is 13.5. The molecule has 0 spiro atoms. The Morgan fingerprint density at radius 1 is 1.14 bits per heavy atom. The summed E-state index contributed by atoms with van der Waals surface area (Å²) in [7, 11) is 3.78. The van der Waals surface area contributed by atoms with Gasteiger partial charge in [0.1, 0.15) is 0 Å². The van der Waals surface area contributed by atoms with E-state index in [0.717, 1.165) is 24.1 Å². The third kappa shape index (κ3) is 4.84. The van der Waals surface area contributed by atoms with E-state index in [1.807, 2.05) is 66.4 Å². The minimum atomic E-state index is -0.220. The maximum absolute atomic E-state index is 12.9. The summed E-state index contributed by atoms with van der Waals surface area (Å²) in [6.45, 7) is 1.16. The van der Waals surface area contributed by atoms with Gasteiger partial charge in [-0.25, -0.2) is 0 Å². The number of anilines is 2. The van der Waals surface area contributed by atoms with Gasteiger partial charge in [-0.1, -0.05) is 48.0 Å². The fourth-order valence-corrected chi connectivity index (χ4v) is 3.95. The maximum atomic E-state index is 12.9. The summed E-state index contributed by atoms with van der Waals surface area (Å²) in [5.41, 5.74) is 2.47.